The van der Waals surface area contributed by atoms with Crippen molar-refractivity contribution in [1.82, 2.24) is 10.2 Å². The van der Waals surface area contributed by atoms with Gasteiger partial charge in [-0.1, -0.05) is 18.2 Å². The second-order valence-corrected chi connectivity index (χ2v) is 4.83. The number of nitrogens with zero attached hydrogens (tertiary/aromatic N) is 2. The summed E-state index contributed by atoms with van der Waals surface area (Å²) in [4.78, 5) is 6.54. The molecule has 106 valence electrons. The van der Waals surface area contributed by atoms with Crippen LogP contribution in [0.25, 0.3) is 0 Å². The first-order valence-electron chi connectivity index (χ1n) is 6.04. The maximum absolute atomic E-state index is 5.73. The number of guanidine groups is 1. The molecule has 1 unspecified atom stereocenters. The molecule has 0 amide bonds. The second-order valence-electron chi connectivity index (χ2n) is 4.30. The van der Waals surface area contributed by atoms with Gasteiger partial charge in [0.05, 0.1) is 13.2 Å². The van der Waals surface area contributed by atoms with Crippen molar-refractivity contribution in [2.24, 2.45) is 10.9 Å². The maximum Gasteiger partial charge on any atom is 0.194 e. The fourth-order valence-corrected chi connectivity index (χ4v) is 1.89. The zero-order valence-corrected chi connectivity index (χ0v) is 14.2. The molecule has 0 bridgehead atoms. The van der Waals surface area contributed by atoms with E-state index in [4.69, 9.17) is 16.3 Å². The molecular weight excluding hydrogens is 365 g/mol. The molecule has 4 nitrogen and oxygen atoms in total. The van der Waals surface area contributed by atoms with E-state index in [0.29, 0.717) is 17.5 Å². The minimum absolute atomic E-state index is 0. The van der Waals surface area contributed by atoms with E-state index in [9.17, 15) is 0 Å². The molecule has 1 aliphatic heterocycles. The van der Waals surface area contributed by atoms with E-state index in [1.54, 1.807) is 0 Å². The summed E-state index contributed by atoms with van der Waals surface area (Å²) in [6.45, 7) is 9.69. The predicted molar refractivity (Wildman–Crippen MR) is 87.9 cm³/mol. The summed E-state index contributed by atoms with van der Waals surface area (Å²) < 4.78 is 5.37. The predicted octanol–water partition coefficient (Wildman–Crippen LogP) is 2.29. The molecule has 1 N–H and O–H groups in total. The Morgan fingerprint density at radius 3 is 2.83 bits per heavy atom. The average Bonchev–Trinajstić information content (AvgIpc) is 2.76. The van der Waals surface area contributed by atoms with Gasteiger partial charge in [-0.15, -0.1) is 24.0 Å². The van der Waals surface area contributed by atoms with Crippen LogP contribution in [0, 0.1) is 5.92 Å². The van der Waals surface area contributed by atoms with Crippen molar-refractivity contribution in [1.29, 1.82) is 0 Å². The van der Waals surface area contributed by atoms with Crippen molar-refractivity contribution in [3.63, 3.8) is 0 Å². The van der Waals surface area contributed by atoms with Gasteiger partial charge in [0.1, 0.15) is 0 Å². The maximum atomic E-state index is 5.73. The highest BCUT2D eigenvalue weighted by Gasteiger charge is 2.18. The molecule has 0 radical (unpaired) electrons. The van der Waals surface area contributed by atoms with Crippen LogP contribution in [-0.2, 0) is 4.74 Å². The molecule has 0 aromatic carbocycles. The van der Waals surface area contributed by atoms with Crippen molar-refractivity contribution < 1.29 is 4.74 Å². The second kappa shape index (κ2) is 9.86. The summed E-state index contributed by atoms with van der Waals surface area (Å²) >= 11 is 5.73. The van der Waals surface area contributed by atoms with Crippen LogP contribution >= 0.6 is 35.6 Å². The van der Waals surface area contributed by atoms with Gasteiger partial charge in [0.15, 0.2) is 5.96 Å². The van der Waals surface area contributed by atoms with Gasteiger partial charge in [-0.05, 0) is 13.3 Å². The third-order valence-electron chi connectivity index (χ3n) is 2.65. The topological polar surface area (TPSA) is 36.9 Å². The van der Waals surface area contributed by atoms with Crippen molar-refractivity contribution in [3.05, 3.63) is 11.6 Å². The van der Waals surface area contributed by atoms with E-state index >= 15 is 0 Å². The fraction of sp³-hybridized carbons (Fsp3) is 0.750. The molecule has 1 fully saturated rings. The van der Waals surface area contributed by atoms with Crippen LogP contribution < -0.4 is 5.32 Å². The third-order valence-corrected chi connectivity index (χ3v) is 2.77. The number of nitrogens with one attached hydrogen (secondary N) is 1. The van der Waals surface area contributed by atoms with Crippen LogP contribution in [0.3, 0.4) is 0 Å². The molecule has 1 heterocycles. The summed E-state index contributed by atoms with van der Waals surface area (Å²) in [5.74, 6) is 1.48. The van der Waals surface area contributed by atoms with E-state index in [0.717, 1.165) is 38.7 Å². The molecule has 1 rings (SSSR count). The van der Waals surface area contributed by atoms with Gasteiger partial charge in [0.2, 0.25) is 0 Å². The molecule has 0 aliphatic carbocycles. The summed E-state index contributed by atoms with van der Waals surface area (Å²) in [6.07, 6.45) is 1.13. The minimum atomic E-state index is 0. The lowest BCUT2D eigenvalue weighted by Crippen LogP contribution is -2.41. The molecule has 18 heavy (non-hydrogen) atoms. The largest absolute Gasteiger partial charge is 0.381 e. The highest BCUT2D eigenvalue weighted by atomic mass is 127. The first-order chi connectivity index (χ1) is 8.13. The lowest BCUT2D eigenvalue weighted by molar-refractivity contribution is 0.181. The Bertz CT molecular complexity index is 280. The number of hydrogen-bond acceptors (Lipinski definition) is 2. The highest BCUT2D eigenvalue weighted by Crippen LogP contribution is 2.13. The van der Waals surface area contributed by atoms with Crippen LogP contribution in [0.1, 0.15) is 13.3 Å². The quantitative estimate of drug-likeness (QED) is 0.447. The van der Waals surface area contributed by atoms with Gasteiger partial charge in [-0.25, -0.2) is 4.99 Å². The van der Waals surface area contributed by atoms with Crippen LogP contribution in [-0.4, -0.2) is 50.8 Å². The van der Waals surface area contributed by atoms with Gasteiger partial charge in [-0.2, -0.15) is 0 Å². The van der Waals surface area contributed by atoms with E-state index in [2.05, 4.69) is 28.7 Å². The number of halogens is 2. The first kappa shape index (κ1) is 18.0. The van der Waals surface area contributed by atoms with Crippen LogP contribution in [0.2, 0.25) is 0 Å². The van der Waals surface area contributed by atoms with Gasteiger partial charge in [0.25, 0.3) is 0 Å². The van der Waals surface area contributed by atoms with E-state index in [-0.39, 0.29) is 24.0 Å². The summed E-state index contributed by atoms with van der Waals surface area (Å²) in [5.41, 5.74) is 0. The molecule has 1 saturated heterocycles. The van der Waals surface area contributed by atoms with Crippen LogP contribution in [0.4, 0.5) is 0 Å². The van der Waals surface area contributed by atoms with Gasteiger partial charge >= 0.3 is 0 Å². The Balaban J connectivity index is 0.00000289. The minimum Gasteiger partial charge on any atom is -0.381 e. The monoisotopic (exact) mass is 387 g/mol. The van der Waals surface area contributed by atoms with Gasteiger partial charge in [0, 0.05) is 37.7 Å². The number of aliphatic imine (C=N–C) groups is 1. The zero-order valence-electron chi connectivity index (χ0n) is 11.1. The van der Waals surface area contributed by atoms with E-state index in [1.807, 2.05) is 7.05 Å². The third kappa shape index (κ3) is 6.80. The van der Waals surface area contributed by atoms with Crippen LogP contribution in [0.5, 0.6) is 0 Å². The molecule has 0 aromatic rings. The Morgan fingerprint density at radius 2 is 2.33 bits per heavy atom. The highest BCUT2D eigenvalue weighted by molar-refractivity contribution is 14.0. The summed E-state index contributed by atoms with van der Waals surface area (Å²) in [5, 5.41) is 3.80. The Morgan fingerprint density at radius 1 is 1.61 bits per heavy atom. The van der Waals surface area contributed by atoms with E-state index < -0.39 is 0 Å². The number of ether oxygens (including phenoxy) is 1. The number of hydrogen-bond donors (Lipinski definition) is 1. The Kier molecular flexibility index (Phi) is 9.85. The molecule has 0 spiro atoms. The molecule has 6 heteroatoms. The van der Waals surface area contributed by atoms with Crippen molar-refractivity contribution >= 4 is 41.5 Å². The van der Waals surface area contributed by atoms with E-state index in [1.165, 1.54) is 0 Å². The summed E-state index contributed by atoms with van der Waals surface area (Å²) in [6, 6.07) is 0. The zero-order chi connectivity index (χ0) is 12.7. The molecular formula is C12H23ClIN3O. The SMILES string of the molecule is C=C(Cl)CN=C(NCC)N(C)CC1CCOC1.I. The molecule has 0 aromatic heterocycles. The standard InChI is InChI=1S/C12H22ClN3O.HI/c1-4-14-12(15-7-10(2)13)16(3)8-11-5-6-17-9-11;/h11H,2,4-9H2,1,3H3,(H,14,15);1H. The van der Waals surface area contributed by atoms with Gasteiger partial charge < -0.3 is 15.0 Å². The summed E-state index contributed by atoms with van der Waals surface area (Å²) in [7, 11) is 2.04. The molecule has 1 aliphatic rings. The van der Waals surface area contributed by atoms with Crippen molar-refractivity contribution in [2.45, 2.75) is 13.3 Å². The molecule has 0 saturated carbocycles. The van der Waals surface area contributed by atoms with Crippen LogP contribution in [0.15, 0.2) is 16.6 Å². The lowest BCUT2D eigenvalue weighted by atomic mass is 10.1. The Labute approximate surface area is 132 Å². The van der Waals surface area contributed by atoms with Crippen molar-refractivity contribution in [2.75, 3.05) is 39.9 Å². The Hall–Kier alpha value is -0.0100. The number of rotatable bonds is 5. The normalized spacial score (nSPS) is 19.3. The molecule has 1 atom stereocenters. The first-order valence-corrected chi connectivity index (χ1v) is 6.41. The smallest absolute Gasteiger partial charge is 0.194 e. The fourth-order valence-electron chi connectivity index (χ4n) is 1.83. The van der Waals surface area contributed by atoms with Gasteiger partial charge in [-0.3, -0.25) is 0 Å². The lowest BCUT2D eigenvalue weighted by Gasteiger charge is -2.24. The van der Waals surface area contributed by atoms with Crippen molar-refractivity contribution in [3.8, 4) is 0 Å². The average molecular weight is 388 g/mol.